The third-order valence-corrected chi connectivity index (χ3v) is 4.87. The fourth-order valence-electron chi connectivity index (χ4n) is 2.75. The molecular formula is C21H32N4O5S. The molecule has 1 rings (SSSR count). The number of aliphatic carboxylic acids is 1. The van der Waals surface area contributed by atoms with E-state index in [1.165, 1.54) is 0 Å². The van der Waals surface area contributed by atoms with E-state index < -0.39 is 18.1 Å². The lowest BCUT2D eigenvalue weighted by molar-refractivity contribution is -0.141. The average Bonchev–Trinajstić information content (AvgIpc) is 2.74. The van der Waals surface area contributed by atoms with E-state index >= 15 is 0 Å². The van der Waals surface area contributed by atoms with Crippen LogP contribution in [0.2, 0.25) is 0 Å². The molecule has 0 bridgehead atoms. The van der Waals surface area contributed by atoms with Crippen LogP contribution in [0.5, 0.6) is 0 Å². The first-order chi connectivity index (χ1) is 14.8. The van der Waals surface area contributed by atoms with Crippen LogP contribution in [-0.4, -0.2) is 59.7 Å². The number of carbonyl (C=O) groups is 4. The molecular weight excluding hydrogens is 420 g/mol. The second kappa shape index (κ2) is 15.2. The molecule has 31 heavy (non-hydrogen) atoms. The standard InChI is InChI=1S/C21H32N4O5S/c22-16(13-15-7-3-1-4-8-15)20(28)24-12-10-18(26)23-11-6-2-5-9-19(27)25-17(14-31)21(29)30/h1,3-4,7-8,16-17,31H,2,5-6,9-14,22H2,(H,23,26)(H,24,28)(H,25,27)(H,29,30)/t16-,17-/m0/s1. The molecule has 3 amide bonds. The normalized spacial score (nSPS) is 12.5. The number of thiol groups is 1. The molecule has 9 nitrogen and oxygen atoms in total. The highest BCUT2D eigenvalue weighted by Crippen LogP contribution is 2.02. The first kappa shape index (κ1) is 26.4. The largest absolute Gasteiger partial charge is 0.480 e. The van der Waals surface area contributed by atoms with Crippen LogP contribution >= 0.6 is 12.6 Å². The second-order valence-corrected chi connectivity index (χ2v) is 7.50. The summed E-state index contributed by atoms with van der Waals surface area (Å²) in [4.78, 5) is 46.3. The van der Waals surface area contributed by atoms with Gasteiger partial charge < -0.3 is 26.8 Å². The number of unbranched alkanes of at least 4 members (excludes halogenated alkanes) is 2. The molecule has 0 radical (unpaired) electrons. The molecule has 1 aromatic carbocycles. The lowest BCUT2D eigenvalue weighted by Crippen LogP contribution is -2.43. The van der Waals surface area contributed by atoms with E-state index in [0.29, 0.717) is 25.8 Å². The van der Waals surface area contributed by atoms with Crippen LogP contribution in [0.1, 0.15) is 37.7 Å². The quantitative estimate of drug-likeness (QED) is 0.166. The van der Waals surface area contributed by atoms with E-state index in [2.05, 4.69) is 28.6 Å². The number of carbonyl (C=O) groups excluding carboxylic acids is 3. The highest BCUT2D eigenvalue weighted by Gasteiger charge is 2.17. The number of rotatable bonds is 15. The number of hydrogen-bond acceptors (Lipinski definition) is 6. The molecule has 0 saturated carbocycles. The number of carboxylic acids is 1. The van der Waals surface area contributed by atoms with Crippen LogP contribution in [0.25, 0.3) is 0 Å². The first-order valence-corrected chi connectivity index (χ1v) is 10.9. The van der Waals surface area contributed by atoms with Crippen molar-refractivity contribution >= 4 is 36.3 Å². The van der Waals surface area contributed by atoms with Gasteiger partial charge in [-0.1, -0.05) is 36.8 Å². The van der Waals surface area contributed by atoms with Crippen molar-refractivity contribution in [3.8, 4) is 0 Å². The minimum absolute atomic E-state index is 0.0342. The van der Waals surface area contributed by atoms with Crippen LogP contribution < -0.4 is 21.7 Å². The Morgan fingerprint density at radius 2 is 1.65 bits per heavy atom. The van der Waals surface area contributed by atoms with Crippen LogP contribution in [0.15, 0.2) is 30.3 Å². The third kappa shape index (κ3) is 12.0. The smallest absolute Gasteiger partial charge is 0.327 e. The lowest BCUT2D eigenvalue weighted by Gasteiger charge is -2.12. The van der Waals surface area contributed by atoms with Crippen molar-refractivity contribution in [2.75, 3.05) is 18.8 Å². The Balaban J connectivity index is 2.06. The van der Waals surface area contributed by atoms with Crippen molar-refractivity contribution in [1.82, 2.24) is 16.0 Å². The van der Waals surface area contributed by atoms with Gasteiger partial charge in [0.1, 0.15) is 6.04 Å². The Kier molecular flexibility index (Phi) is 13.0. The predicted molar refractivity (Wildman–Crippen MR) is 121 cm³/mol. The molecule has 0 aliphatic heterocycles. The fraction of sp³-hybridized carbons (Fsp3) is 0.524. The molecule has 0 aliphatic rings. The molecule has 1 aromatic rings. The summed E-state index contributed by atoms with van der Waals surface area (Å²) >= 11 is 3.89. The minimum atomic E-state index is -1.11. The first-order valence-electron chi connectivity index (χ1n) is 10.3. The summed E-state index contributed by atoms with van der Waals surface area (Å²) < 4.78 is 0. The Hall–Kier alpha value is -2.59. The summed E-state index contributed by atoms with van der Waals surface area (Å²) in [5.41, 5.74) is 6.87. The van der Waals surface area contributed by atoms with Crippen molar-refractivity contribution < 1.29 is 24.3 Å². The molecule has 0 aromatic heterocycles. The van der Waals surface area contributed by atoms with Crippen molar-refractivity contribution in [1.29, 1.82) is 0 Å². The highest BCUT2D eigenvalue weighted by atomic mass is 32.1. The van der Waals surface area contributed by atoms with E-state index in [0.717, 1.165) is 12.0 Å². The molecule has 0 fully saturated rings. The predicted octanol–water partition coefficient (Wildman–Crippen LogP) is 0.239. The lowest BCUT2D eigenvalue weighted by atomic mass is 10.1. The van der Waals surface area contributed by atoms with Crippen LogP contribution in [0, 0.1) is 0 Å². The van der Waals surface area contributed by atoms with E-state index in [1.54, 1.807) is 0 Å². The zero-order valence-corrected chi connectivity index (χ0v) is 18.4. The van der Waals surface area contributed by atoms with Crippen molar-refractivity contribution in [3.05, 3.63) is 35.9 Å². The number of nitrogens with two attached hydrogens (primary N) is 1. The summed E-state index contributed by atoms with van der Waals surface area (Å²) in [5.74, 6) is -1.87. The van der Waals surface area contributed by atoms with Gasteiger partial charge in [0.2, 0.25) is 17.7 Å². The zero-order valence-electron chi connectivity index (χ0n) is 17.5. The minimum Gasteiger partial charge on any atom is -0.480 e. The maximum Gasteiger partial charge on any atom is 0.327 e. The van der Waals surface area contributed by atoms with Gasteiger partial charge in [-0.25, -0.2) is 4.79 Å². The van der Waals surface area contributed by atoms with Crippen molar-refractivity contribution in [3.63, 3.8) is 0 Å². The van der Waals surface area contributed by atoms with Gasteiger partial charge in [0, 0.05) is 31.7 Å². The summed E-state index contributed by atoms with van der Waals surface area (Å²) in [5, 5.41) is 16.7. The summed E-state index contributed by atoms with van der Waals surface area (Å²) in [6, 6.07) is 7.83. The van der Waals surface area contributed by atoms with Gasteiger partial charge in [-0.2, -0.15) is 12.6 Å². The molecule has 0 aliphatic carbocycles. The van der Waals surface area contributed by atoms with Crippen molar-refractivity contribution in [2.24, 2.45) is 5.73 Å². The van der Waals surface area contributed by atoms with Crippen LogP contribution in [0.4, 0.5) is 0 Å². The van der Waals surface area contributed by atoms with Gasteiger partial charge in [0.25, 0.3) is 0 Å². The second-order valence-electron chi connectivity index (χ2n) is 7.14. The van der Waals surface area contributed by atoms with Gasteiger partial charge in [-0.05, 0) is 24.8 Å². The Morgan fingerprint density at radius 1 is 0.935 bits per heavy atom. The van der Waals surface area contributed by atoms with E-state index in [1.807, 2.05) is 30.3 Å². The molecule has 0 spiro atoms. The number of carboxylic acid groups (broad SMARTS) is 1. The third-order valence-electron chi connectivity index (χ3n) is 4.51. The van der Waals surface area contributed by atoms with Gasteiger partial charge in [0.15, 0.2) is 0 Å². The van der Waals surface area contributed by atoms with Crippen LogP contribution in [-0.2, 0) is 25.6 Å². The molecule has 10 heteroatoms. The SMILES string of the molecule is N[C@@H](Cc1ccccc1)C(=O)NCCC(=O)NCCCCCC(=O)N[C@@H](CS)C(=O)O. The van der Waals surface area contributed by atoms with Gasteiger partial charge in [-0.3, -0.25) is 14.4 Å². The van der Waals surface area contributed by atoms with Gasteiger partial charge in [0.05, 0.1) is 6.04 Å². The molecule has 0 unspecified atom stereocenters. The van der Waals surface area contributed by atoms with E-state index in [9.17, 15) is 19.2 Å². The highest BCUT2D eigenvalue weighted by molar-refractivity contribution is 7.80. The zero-order chi connectivity index (χ0) is 23.1. The van der Waals surface area contributed by atoms with Crippen LogP contribution in [0.3, 0.4) is 0 Å². The summed E-state index contributed by atoms with van der Waals surface area (Å²) in [7, 11) is 0. The topological polar surface area (TPSA) is 151 Å². The van der Waals surface area contributed by atoms with E-state index in [4.69, 9.17) is 10.8 Å². The Bertz CT molecular complexity index is 717. The Morgan fingerprint density at radius 3 is 2.29 bits per heavy atom. The number of benzene rings is 1. The van der Waals surface area contributed by atoms with Crippen molar-refractivity contribution in [2.45, 2.75) is 50.6 Å². The molecule has 0 heterocycles. The van der Waals surface area contributed by atoms with Gasteiger partial charge >= 0.3 is 5.97 Å². The number of amides is 3. The Labute approximate surface area is 187 Å². The van der Waals surface area contributed by atoms with Gasteiger partial charge in [-0.15, -0.1) is 0 Å². The maximum atomic E-state index is 12.0. The summed E-state index contributed by atoms with van der Waals surface area (Å²) in [6.45, 7) is 0.680. The number of nitrogens with one attached hydrogen (secondary N) is 3. The summed E-state index contributed by atoms with van der Waals surface area (Å²) in [6.07, 6.45) is 2.82. The maximum absolute atomic E-state index is 12.0. The fourth-order valence-corrected chi connectivity index (χ4v) is 2.99. The molecule has 0 saturated heterocycles. The molecule has 6 N–H and O–H groups in total. The average molecular weight is 453 g/mol. The van der Waals surface area contributed by atoms with E-state index in [-0.39, 0.29) is 42.9 Å². The monoisotopic (exact) mass is 452 g/mol. The number of hydrogen-bond donors (Lipinski definition) is 6. The molecule has 172 valence electrons. The molecule has 2 atom stereocenters.